The van der Waals surface area contributed by atoms with Crippen LogP contribution in [0.1, 0.15) is 39.0 Å². The van der Waals surface area contributed by atoms with Crippen molar-refractivity contribution < 1.29 is 47.7 Å². The van der Waals surface area contributed by atoms with Crippen LogP contribution < -0.4 is 0 Å². The number of rotatable bonds is 6. The number of ether oxygens (including phenoxy) is 5. The second-order valence-electron chi connectivity index (χ2n) is 8.45. The van der Waals surface area contributed by atoms with E-state index in [9.17, 15) is 24.0 Å². The average molecular weight is 464 g/mol. The number of carbonyl (C=O) groups excluding carboxylic acids is 5. The van der Waals surface area contributed by atoms with Gasteiger partial charge in [0.15, 0.2) is 10.8 Å². The van der Waals surface area contributed by atoms with Crippen LogP contribution in [0.3, 0.4) is 0 Å². The van der Waals surface area contributed by atoms with Crippen molar-refractivity contribution in [2.24, 2.45) is 16.7 Å². The van der Waals surface area contributed by atoms with Crippen LogP contribution in [0.15, 0.2) is 22.3 Å². The summed E-state index contributed by atoms with van der Waals surface area (Å²) in [5.74, 6) is -3.97. The van der Waals surface area contributed by atoms with E-state index in [0.29, 0.717) is 16.7 Å². The van der Waals surface area contributed by atoms with Crippen LogP contribution in [0.5, 0.6) is 0 Å². The monoisotopic (exact) mass is 464 g/mol. The fraction of sp³-hybridized carbons (Fsp3) is 0.609. The van der Waals surface area contributed by atoms with Gasteiger partial charge in [0.2, 0.25) is 0 Å². The van der Waals surface area contributed by atoms with Crippen molar-refractivity contribution >= 4 is 29.8 Å². The van der Waals surface area contributed by atoms with E-state index in [1.54, 1.807) is 6.92 Å². The average Bonchev–Trinajstić information content (AvgIpc) is 3.42. The molecule has 1 unspecified atom stereocenters. The van der Waals surface area contributed by atoms with Crippen LogP contribution in [0, 0.1) is 16.7 Å². The minimum Gasteiger partial charge on any atom is -0.468 e. The lowest BCUT2D eigenvalue weighted by Gasteiger charge is -2.24. The standard InChI is InChI=1S/C23H28O10/c1-6-33-17(24)13-7-12-8-22(18(25)29-2,19(26)30-3)9-14(12)16-11-23(10-15(13)16,20(27)31-4)21(28)32-5/h12H,6-11H2,1-5H3. The topological polar surface area (TPSA) is 132 Å². The van der Waals surface area contributed by atoms with Crippen LogP contribution in [-0.2, 0) is 47.7 Å². The van der Waals surface area contributed by atoms with Crippen molar-refractivity contribution in [1.29, 1.82) is 0 Å². The third kappa shape index (κ3) is 3.61. The fourth-order valence-corrected chi connectivity index (χ4v) is 5.45. The molecule has 0 aromatic rings. The first kappa shape index (κ1) is 24.5. The molecule has 0 N–H and O–H groups in total. The van der Waals surface area contributed by atoms with Crippen LogP contribution in [0.4, 0.5) is 0 Å². The summed E-state index contributed by atoms with van der Waals surface area (Å²) in [6.07, 6.45) is 0.0979. The van der Waals surface area contributed by atoms with Crippen molar-refractivity contribution in [3.63, 3.8) is 0 Å². The highest BCUT2D eigenvalue weighted by Crippen LogP contribution is 2.59. The molecule has 33 heavy (non-hydrogen) atoms. The molecular formula is C23H28O10. The Labute approximate surface area is 191 Å². The Hall–Kier alpha value is -3.17. The molecule has 0 amide bonds. The molecule has 0 bridgehead atoms. The predicted octanol–water partition coefficient (Wildman–Crippen LogP) is 1.42. The van der Waals surface area contributed by atoms with Gasteiger partial charge in [0.25, 0.3) is 0 Å². The lowest BCUT2D eigenvalue weighted by Crippen LogP contribution is -2.39. The van der Waals surface area contributed by atoms with Gasteiger partial charge in [0.05, 0.1) is 35.0 Å². The Morgan fingerprint density at radius 1 is 0.758 bits per heavy atom. The Morgan fingerprint density at radius 3 is 1.73 bits per heavy atom. The molecule has 0 heterocycles. The maximum atomic E-state index is 12.8. The van der Waals surface area contributed by atoms with Crippen molar-refractivity contribution in [3.8, 4) is 0 Å². The van der Waals surface area contributed by atoms with E-state index >= 15 is 0 Å². The van der Waals surface area contributed by atoms with Gasteiger partial charge in [-0.1, -0.05) is 5.57 Å². The summed E-state index contributed by atoms with van der Waals surface area (Å²) in [6.45, 7) is 1.81. The predicted molar refractivity (Wildman–Crippen MR) is 110 cm³/mol. The Morgan fingerprint density at radius 2 is 1.24 bits per heavy atom. The van der Waals surface area contributed by atoms with Gasteiger partial charge < -0.3 is 23.7 Å². The minimum absolute atomic E-state index is 0.00434. The molecule has 3 aliphatic rings. The smallest absolute Gasteiger partial charge is 0.334 e. The summed E-state index contributed by atoms with van der Waals surface area (Å²) in [7, 11) is 4.72. The highest BCUT2D eigenvalue weighted by Gasteiger charge is 2.61. The molecule has 0 radical (unpaired) electrons. The number of hydrogen-bond acceptors (Lipinski definition) is 10. The van der Waals surface area contributed by atoms with Gasteiger partial charge >= 0.3 is 29.8 Å². The molecule has 180 valence electrons. The molecule has 0 spiro atoms. The summed E-state index contributed by atoms with van der Waals surface area (Å²) >= 11 is 0. The van der Waals surface area contributed by atoms with Crippen LogP contribution in [0.2, 0.25) is 0 Å². The van der Waals surface area contributed by atoms with Crippen LogP contribution in [-0.4, -0.2) is 64.9 Å². The third-order valence-electron chi connectivity index (χ3n) is 6.93. The maximum Gasteiger partial charge on any atom is 0.334 e. The van der Waals surface area contributed by atoms with E-state index in [4.69, 9.17) is 23.7 Å². The summed E-state index contributed by atoms with van der Waals surface area (Å²) < 4.78 is 24.9. The van der Waals surface area contributed by atoms with Gasteiger partial charge in [-0.25, -0.2) is 4.79 Å². The highest BCUT2D eigenvalue weighted by atomic mass is 16.6. The zero-order valence-electron chi connectivity index (χ0n) is 19.4. The number of fused-ring (bicyclic) bond motifs is 2. The first-order chi connectivity index (χ1) is 15.6. The largest absolute Gasteiger partial charge is 0.468 e. The van der Waals surface area contributed by atoms with Crippen LogP contribution in [0.25, 0.3) is 0 Å². The molecule has 2 fully saturated rings. The number of hydrogen-bond donors (Lipinski definition) is 0. The molecule has 2 saturated carbocycles. The second-order valence-corrected chi connectivity index (χ2v) is 8.45. The summed E-state index contributed by atoms with van der Waals surface area (Å²) in [4.78, 5) is 63.9. The zero-order valence-corrected chi connectivity index (χ0v) is 19.4. The number of carbonyl (C=O) groups is 5. The summed E-state index contributed by atoms with van der Waals surface area (Å²) in [5.41, 5.74) is -1.12. The molecule has 10 nitrogen and oxygen atoms in total. The van der Waals surface area contributed by atoms with E-state index in [-0.39, 0.29) is 44.6 Å². The lowest BCUT2D eigenvalue weighted by atomic mass is 9.81. The fourth-order valence-electron chi connectivity index (χ4n) is 5.45. The Kier molecular flexibility index (Phi) is 6.67. The van der Waals surface area contributed by atoms with Crippen molar-refractivity contribution in [1.82, 2.24) is 0 Å². The third-order valence-corrected chi connectivity index (χ3v) is 6.93. The lowest BCUT2D eigenvalue weighted by molar-refractivity contribution is -0.170. The molecule has 0 saturated heterocycles. The molecule has 0 aliphatic heterocycles. The Bertz CT molecular complexity index is 938. The van der Waals surface area contributed by atoms with E-state index in [1.807, 2.05) is 0 Å². The van der Waals surface area contributed by atoms with E-state index in [0.717, 1.165) is 5.57 Å². The molecule has 10 heteroatoms. The number of esters is 5. The SMILES string of the molecule is CCOC(=O)C1=C2CC(C(=O)OC)(C(=O)OC)CC2=C2CC(C(=O)OC)(C(=O)OC)CC2C1. The van der Waals surface area contributed by atoms with Crippen molar-refractivity contribution in [2.75, 3.05) is 35.0 Å². The van der Waals surface area contributed by atoms with Crippen molar-refractivity contribution in [2.45, 2.75) is 39.0 Å². The van der Waals surface area contributed by atoms with Crippen molar-refractivity contribution in [3.05, 3.63) is 22.3 Å². The first-order valence-electron chi connectivity index (χ1n) is 10.6. The van der Waals surface area contributed by atoms with Gasteiger partial charge in [-0.05, 0) is 49.7 Å². The molecule has 3 rings (SSSR count). The van der Waals surface area contributed by atoms with Gasteiger partial charge in [0, 0.05) is 12.0 Å². The quantitative estimate of drug-likeness (QED) is 0.323. The molecular weight excluding hydrogens is 436 g/mol. The zero-order chi connectivity index (χ0) is 24.6. The van der Waals surface area contributed by atoms with Gasteiger partial charge in [-0.15, -0.1) is 0 Å². The number of allylic oxidation sites excluding steroid dienone is 3. The van der Waals surface area contributed by atoms with E-state index in [1.165, 1.54) is 28.4 Å². The molecule has 0 aromatic heterocycles. The molecule has 0 aromatic carbocycles. The Balaban J connectivity index is 2.20. The van der Waals surface area contributed by atoms with Crippen LogP contribution >= 0.6 is 0 Å². The maximum absolute atomic E-state index is 12.8. The molecule has 1 atom stereocenters. The normalized spacial score (nSPS) is 22.2. The minimum atomic E-state index is -1.67. The summed E-state index contributed by atoms with van der Waals surface area (Å²) in [6, 6.07) is 0. The first-order valence-corrected chi connectivity index (χ1v) is 10.6. The van der Waals surface area contributed by atoms with E-state index < -0.39 is 40.7 Å². The number of methoxy groups -OCH3 is 4. The summed E-state index contributed by atoms with van der Waals surface area (Å²) in [5, 5.41) is 0. The van der Waals surface area contributed by atoms with Gasteiger partial charge in [0.1, 0.15) is 0 Å². The highest BCUT2D eigenvalue weighted by molar-refractivity contribution is 6.04. The molecule has 3 aliphatic carbocycles. The van der Waals surface area contributed by atoms with Gasteiger partial charge in [-0.2, -0.15) is 0 Å². The van der Waals surface area contributed by atoms with E-state index in [2.05, 4.69) is 0 Å². The van der Waals surface area contributed by atoms with Gasteiger partial charge in [-0.3, -0.25) is 19.2 Å². The second kappa shape index (κ2) is 8.99.